The van der Waals surface area contributed by atoms with Gasteiger partial charge in [-0.15, -0.1) is 0 Å². The van der Waals surface area contributed by atoms with Gasteiger partial charge in [0.25, 0.3) is 11.4 Å². The molecule has 0 spiro atoms. The van der Waals surface area contributed by atoms with E-state index in [0.717, 1.165) is 12.1 Å². The highest BCUT2D eigenvalue weighted by Gasteiger charge is 2.28. The summed E-state index contributed by atoms with van der Waals surface area (Å²) < 4.78 is 0. The van der Waals surface area contributed by atoms with E-state index in [1.165, 1.54) is 0 Å². The number of ketones is 1. The van der Waals surface area contributed by atoms with Crippen molar-refractivity contribution in [1.29, 1.82) is 0 Å². The van der Waals surface area contributed by atoms with Crippen LogP contribution < -0.4 is 5.32 Å². The number of rotatable bonds is 6. The highest BCUT2D eigenvalue weighted by atomic mass is 16.6. The molecule has 1 N–H and O–H groups in total. The Morgan fingerprint density at radius 1 is 0.815 bits per heavy atom. The van der Waals surface area contributed by atoms with Crippen LogP contribution in [0.25, 0.3) is 0 Å². The van der Waals surface area contributed by atoms with Crippen molar-refractivity contribution in [3.63, 3.8) is 0 Å². The van der Waals surface area contributed by atoms with Crippen molar-refractivity contribution in [3.8, 4) is 0 Å². The molecular formula is C19H13N3O5. The van der Waals surface area contributed by atoms with Crippen LogP contribution in [-0.2, 0) is 0 Å². The number of hydrogen-bond acceptors (Lipinski definition) is 6. The van der Waals surface area contributed by atoms with Crippen LogP contribution in [0, 0.1) is 20.2 Å². The summed E-state index contributed by atoms with van der Waals surface area (Å²) >= 11 is 0. The fourth-order valence-electron chi connectivity index (χ4n) is 2.58. The monoisotopic (exact) mass is 363 g/mol. The highest BCUT2D eigenvalue weighted by Crippen LogP contribution is 2.36. The number of nitro benzene ring substituents is 2. The summed E-state index contributed by atoms with van der Waals surface area (Å²) in [5.41, 5.74) is -0.538. The van der Waals surface area contributed by atoms with E-state index in [-0.39, 0.29) is 16.8 Å². The summed E-state index contributed by atoms with van der Waals surface area (Å²) in [5, 5.41) is 25.6. The molecule has 0 saturated heterocycles. The van der Waals surface area contributed by atoms with Gasteiger partial charge in [0, 0.05) is 17.3 Å². The third-order valence-corrected chi connectivity index (χ3v) is 3.83. The van der Waals surface area contributed by atoms with Gasteiger partial charge < -0.3 is 5.32 Å². The summed E-state index contributed by atoms with van der Waals surface area (Å²) in [7, 11) is 0. The Morgan fingerprint density at radius 2 is 1.41 bits per heavy atom. The number of benzene rings is 3. The normalized spacial score (nSPS) is 10.2. The lowest BCUT2D eigenvalue weighted by Gasteiger charge is -2.12. The molecule has 134 valence electrons. The summed E-state index contributed by atoms with van der Waals surface area (Å²) in [6.07, 6.45) is 0. The maximum absolute atomic E-state index is 12.9. The molecule has 0 saturated carbocycles. The number of anilines is 2. The van der Waals surface area contributed by atoms with Gasteiger partial charge in [-0.3, -0.25) is 25.0 Å². The van der Waals surface area contributed by atoms with E-state index >= 15 is 0 Å². The topological polar surface area (TPSA) is 115 Å². The number of carbonyl (C=O) groups excluding carboxylic acids is 1. The molecule has 0 unspecified atom stereocenters. The van der Waals surface area contributed by atoms with Crippen molar-refractivity contribution >= 4 is 28.5 Å². The molecule has 0 aromatic heterocycles. The number of nitrogens with zero attached hydrogens (tertiary/aromatic N) is 2. The van der Waals surface area contributed by atoms with Gasteiger partial charge in [0.2, 0.25) is 0 Å². The average Bonchev–Trinajstić information content (AvgIpc) is 2.68. The van der Waals surface area contributed by atoms with Crippen LogP contribution in [0.3, 0.4) is 0 Å². The van der Waals surface area contributed by atoms with Crippen LogP contribution >= 0.6 is 0 Å². The van der Waals surface area contributed by atoms with Crippen molar-refractivity contribution < 1.29 is 14.6 Å². The van der Waals surface area contributed by atoms with Gasteiger partial charge in [0.05, 0.1) is 21.5 Å². The molecule has 0 radical (unpaired) electrons. The fraction of sp³-hybridized carbons (Fsp3) is 0. The molecule has 3 aromatic carbocycles. The van der Waals surface area contributed by atoms with E-state index < -0.39 is 27.0 Å². The van der Waals surface area contributed by atoms with Crippen LogP contribution in [0.2, 0.25) is 0 Å². The van der Waals surface area contributed by atoms with E-state index in [2.05, 4.69) is 5.32 Å². The van der Waals surface area contributed by atoms with Gasteiger partial charge in [0.1, 0.15) is 5.69 Å². The number of para-hydroxylation sites is 1. The molecule has 0 amide bonds. The zero-order valence-corrected chi connectivity index (χ0v) is 13.9. The predicted molar refractivity (Wildman–Crippen MR) is 99.3 cm³/mol. The third kappa shape index (κ3) is 3.79. The number of carbonyl (C=O) groups is 1. The summed E-state index contributed by atoms with van der Waals surface area (Å²) in [4.78, 5) is 34.1. The second-order valence-corrected chi connectivity index (χ2v) is 5.59. The minimum Gasteiger partial charge on any atom is -0.349 e. The quantitative estimate of drug-likeness (QED) is 0.392. The van der Waals surface area contributed by atoms with Crippen LogP contribution in [0.4, 0.5) is 22.7 Å². The second kappa shape index (κ2) is 7.44. The largest absolute Gasteiger partial charge is 0.349 e. The van der Waals surface area contributed by atoms with E-state index in [4.69, 9.17) is 0 Å². The Kier molecular flexibility index (Phi) is 4.89. The number of hydrogen-bond donors (Lipinski definition) is 1. The molecule has 0 aliphatic carbocycles. The maximum Gasteiger partial charge on any atom is 0.300 e. The molecule has 0 aliphatic rings. The molecular weight excluding hydrogens is 350 g/mol. The van der Waals surface area contributed by atoms with E-state index in [1.54, 1.807) is 60.7 Å². The van der Waals surface area contributed by atoms with Crippen molar-refractivity contribution in [2.24, 2.45) is 0 Å². The Morgan fingerprint density at radius 3 is 1.96 bits per heavy atom. The first-order valence-corrected chi connectivity index (χ1v) is 7.86. The highest BCUT2D eigenvalue weighted by molar-refractivity contribution is 6.14. The van der Waals surface area contributed by atoms with E-state index in [9.17, 15) is 25.0 Å². The van der Waals surface area contributed by atoms with Gasteiger partial charge in [-0.05, 0) is 12.1 Å². The molecule has 8 nitrogen and oxygen atoms in total. The summed E-state index contributed by atoms with van der Waals surface area (Å²) in [6, 6.07) is 18.5. The minimum atomic E-state index is -0.763. The molecule has 8 heteroatoms. The molecule has 3 rings (SSSR count). The Bertz CT molecular complexity index is 1020. The van der Waals surface area contributed by atoms with Gasteiger partial charge in [-0.2, -0.15) is 0 Å². The SMILES string of the molecule is O=C(c1ccccc1)c1cc([N+](=O)[O-])cc([N+](=O)[O-])c1Nc1ccccc1. The first-order valence-electron chi connectivity index (χ1n) is 7.86. The molecule has 27 heavy (non-hydrogen) atoms. The molecule has 0 aliphatic heterocycles. The van der Waals surface area contributed by atoms with Gasteiger partial charge in [-0.1, -0.05) is 48.5 Å². The smallest absolute Gasteiger partial charge is 0.300 e. The van der Waals surface area contributed by atoms with Crippen molar-refractivity contribution in [2.75, 3.05) is 5.32 Å². The van der Waals surface area contributed by atoms with Crippen molar-refractivity contribution in [3.05, 3.63) is 104 Å². The molecule has 0 atom stereocenters. The minimum absolute atomic E-state index is 0.0920. The lowest BCUT2D eigenvalue weighted by atomic mass is 9.99. The Hall–Kier alpha value is -4.07. The zero-order chi connectivity index (χ0) is 19.4. The van der Waals surface area contributed by atoms with Crippen LogP contribution in [-0.4, -0.2) is 15.6 Å². The Labute approximate surface area is 153 Å². The van der Waals surface area contributed by atoms with Gasteiger partial charge in [0.15, 0.2) is 5.78 Å². The van der Waals surface area contributed by atoms with Gasteiger partial charge in [-0.25, -0.2) is 0 Å². The first kappa shape index (κ1) is 17.7. The first-order chi connectivity index (χ1) is 13.0. The fourth-order valence-corrected chi connectivity index (χ4v) is 2.58. The van der Waals surface area contributed by atoms with Crippen LogP contribution in [0.5, 0.6) is 0 Å². The molecule has 0 fully saturated rings. The second-order valence-electron chi connectivity index (χ2n) is 5.59. The zero-order valence-electron chi connectivity index (χ0n) is 13.9. The predicted octanol–water partition coefficient (Wildman–Crippen LogP) is 4.48. The summed E-state index contributed by atoms with van der Waals surface area (Å²) in [5.74, 6) is -0.555. The lowest BCUT2D eigenvalue weighted by molar-refractivity contribution is -0.393. The molecule has 0 bridgehead atoms. The maximum atomic E-state index is 12.9. The average molecular weight is 363 g/mol. The van der Waals surface area contributed by atoms with E-state index in [0.29, 0.717) is 5.69 Å². The Balaban J connectivity index is 2.23. The van der Waals surface area contributed by atoms with Crippen molar-refractivity contribution in [1.82, 2.24) is 0 Å². The van der Waals surface area contributed by atoms with Gasteiger partial charge >= 0.3 is 0 Å². The molecule has 3 aromatic rings. The number of non-ortho nitro benzene ring substituents is 1. The van der Waals surface area contributed by atoms with E-state index in [1.807, 2.05) is 0 Å². The standard InChI is InChI=1S/C19H13N3O5/c23-19(13-7-3-1-4-8-13)16-11-15(21(24)25)12-17(22(26)27)18(16)20-14-9-5-2-6-10-14/h1-12,20H. The van der Waals surface area contributed by atoms with Crippen LogP contribution in [0.1, 0.15) is 15.9 Å². The van der Waals surface area contributed by atoms with Crippen LogP contribution in [0.15, 0.2) is 72.8 Å². The lowest BCUT2D eigenvalue weighted by Crippen LogP contribution is -2.09. The number of nitrogens with one attached hydrogen (secondary N) is 1. The third-order valence-electron chi connectivity index (χ3n) is 3.83. The molecule has 0 heterocycles. The summed E-state index contributed by atoms with van der Waals surface area (Å²) in [6.45, 7) is 0. The van der Waals surface area contributed by atoms with Crippen molar-refractivity contribution in [2.45, 2.75) is 0 Å². The number of nitro groups is 2.